The fourth-order valence-electron chi connectivity index (χ4n) is 1.93. The van der Waals surface area contributed by atoms with Gasteiger partial charge in [-0.2, -0.15) is 11.8 Å². The molecule has 3 N–H and O–H groups in total. The summed E-state index contributed by atoms with van der Waals surface area (Å²) in [6.07, 6.45) is 3.51. The van der Waals surface area contributed by atoms with E-state index in [9.17, 15) is 9.90 Å². The van der Waals surface area contributed by atoms with Gasteiger partial charge >= 0.3 is 0 Å². The number of nitrogens with two attached hydrogens (primary N) is 1. The molecule has 1 amide bonds. The quantitative estimate of drug-likeness (QED) is 0.806. The molecule has 20 heavy (non-hydrogen) atoms. The Morgan fingerprint density at radius 1 is 1.40 bits per heavy atom. The summed E-state index contributed by atoms with van der Waals surface area (Å²) in [5.41, 5.74) is 6.95. The van der Waals surface area contributed by atoms with Crippen LogP contribution in [0.3, 0.4) is 0 Å². The third kappa shape index (κ3) is 5.06. The number of hydrogen-bond donors (Lipinski definition) is 2. The van der Waals surface area contributed by atoms with E-state index >= 15 is 0 Å². The minimum atomic E-state index is -0.540. The number of hydrogen-bond acceptors (Lipinski definition) is 4. The molecule has 2 atom stereocenters. The number of aromatic hydroxyl groups is 1. The highest BCUT2D eigenvalue weighted by Gasteiger charge is 2.21. The molecule has 0 heterocycles. The van der Waals surface area contributed by atoms with E-state index in [2.05, 4.69) is 6.26 Å². The van der Waals surface area contributed by atoms with Crippen molar-refractivity contribution < 1.29 is 9.90 Å². The average Bonchev–Trinajstić information content (AvgIpc) is 2.45. The van der Waals surface area contributed by atoms with Crippen LogP contribution in [0.2, 0.25) is 0 Å². The van der Waals surface area contributed by atoms with Crippen molar-refractivity contribution in [2.75, 3.05) is 19.1 Å². The van der Waals surface area contributed by atoms with Crippen molar-refractivity contribution >= 4 is 17.7 Å². The Hall–Kier alpha value is -1.20. The third-order valence-electron chi connectivity index (χ3n) is 3.46. The molecule has 0 saturated heterocycles. The second-order valence-electron chi connectivity index (χ2n) is 5.06. The Labute approximate surface area is 125 Å². The SMILES string of the molecule is CSCCC(C)N(C)C(=O)[C@H](N)Cc1ccc(O)cc1. The summed E-state index contributed by atoms with van der Waals surface area (Å²) in [4.78, 5) is 14.0. The molecule has 1 aromatic carbocycles. The van der Waals surface area contributed by atoms with Crippen LogP contribution >= 0.6 is 11.8 Å². The maximum atomic E-state index is 12.3. The van der Waals surface area contributed by atoms with Gasteiger partial charge in [-0.05, 0) is 49.5 Å². The minimum absolute atomic E-state index is 0.0355. The van der Waals surface area contributed by atoms with E-state index in [0.717, 1.165) is 17.7 Å². The Kier molecular flexibility index (Phi) is 6.88. The molecule has 0 bridgehead atoms. The first-order chi connectivity index (χ1) is 9.45. The average molecular weight is 296 g/mol. The normalized spacial score (nSPS) is 13.8. The van der Waals surface area contributed by atoms with Crippen LogP contribution in [0.15, 0.2) is 24.3 Å². The highest BCUT2D eigenvalue weighted by Crippen LogP contribution is 2.13. The molecule has 112 valence electrons. The lowest BCUT2D eigenvalue weighted by Gasteiger charge is -2.27. The molecule has 1 rings (SSSR count). The molecule has 0 saturated carbocycles. The van der Waals surface area contributed by atoms with Crippen LogP contribution in [0.25, 0.3) is 0 Å². The zero-order valence-corrected chi connectivity index (χ0v) is 13.2. The molecule has 0 aromatic heterocycles. The second-order valence-corrected chi connectivity index (χ2v) is 6.04. The van der Waals surface area contributed by atoms with E-state index in [-0.39, 0.29) is 17.7 Å². The van der Waals surface area contributed by atoms with Gasteiger partial charge < -0.3 is 15.7 Å². The number of amides is 1. The molecular weight excluding hydrogens is 272 g/mol. The molecule has 0 aliphatic rings. The number of carbonyl (C=O) groups excluding carboxylic acids is 1. The van der Waals surface area contributed by atoms with Crippen LogP contribution in [0, 0.1) is 0 Å². The Morgan fingerprint density at radius 2 is 2.00 bits per heavy atom. The molecule has 1 aromatic rings. The van der Waals surface area contributed by atoms with E-state index < -0.39 is 6.04 Å². The first-order valence-corrected chi connectivity index (χ1v) is 8.14. The zero-order chi connectivity index (χ0) is 15.1. The lowest BCUT2D eigenvalue weighted by atomic mass is 10.0. The molecule has 0 radical (unpaired) electrons. The van der Waals surface area contributed by atoms with Crippen molar-refractivity contribution in [3.05, 3.63) is 29.8 Å². The number of nitrogens with zero attached hydrogens (tertiary/aromatic N) is 1. The molecule has 0 aliphatic heterocycles. The number of phenolic OH excluding ortho intramolecular Hbond substituents is 1. The van der Waals surface area contributed by atoms with Crippen molar-refractivity contribution in [3.63, 3.8) is 0 Å². The van der Waals surface area contributed by atoms with E-state index in [4.69, 9.17) is 5.73 Å². The molecule has 0 fully saturated rings. The smallest absolute Gasteiger partial charge is 0.239 e. The highest BCUT2D eigenvalue weighted by atomic mass is 32.2. The van der Waals surface area contributed by atoms with Crippen LogP contribution < -0.4 is 5.73 Å². The summed E-state index contributed by atoms with van der Waals surface area (Å²) in [6.45, 7) is 2.04. The van der Waals surface area contributed by atoms with Gasteiger partial charge in [-0.1, -0.05) is 12.1 Å². The largest absolute Gasteiger partial charge is 0.508 e. The summed E-state index contributed by atoms with van der Waals surface area (Å²) in [7, 11) is 1.81. The molecule has 1 unspecified atom stereocenters. The zero-order valence-electron chi connectivity index (χ0n) is 12.4. The minimum Gasteiger partial charge on any atom is -0.508 e. The summed E-state index contributed by atoms with van der Waals surface area (Å²) in [5, 5.41) is 9.24. The maximum Gasteiger partial charge on any atom is 0.239 e. The lowest BCUT2D eigenvalue weighted by molar-refractivity contribution is -0.133. The van der Waals surface area contributed by atoms with Crippen LogP contribution in [0.4, 0.5) is 0 Å². The van der Waals surface area contributed by atoms with Crippen molar-refractivity contribution in [1.82, 2.24) is 4.90 Å². The standard InChI is InChI=1S/C15H24N2O2S/c1-11(8-9-20-3)17(2)15(19)14(16)10-12-4-6-13(18)7-5-12/h4-7,11,14,18H,8-10,16H2,1-3H3/t11?,14-/m1/s1. The van der Waals surface area contributed by atoms with Crippen molar-refractivity contribution in [3.8, 4) is 5.75 Å². The molecule has 0 aliphatic carbocycles. The third-order valence-corrected chi connectivity index (χ3v) is 4.10. The van der Waals surface area contributed by atoms with Gasteiger partial charge in [-0.15, -0.1) is 0 Å². The highest BCUT2D eigenvalue weighted by molar-refractivity contribution is 7.98. The number of phenols is 1. The topological polar surface area (TPSA) is 66.6 Å². The van der Waals surface area contributed by atoms with Crippen LogP contribution in [-0.4, -0.2) is 47.1 Å². The first-order valence-electron chi connectivity index (χ1n) is 6.74. The van der Waals surface area contributed by atoms with Gasteiger partial charge in [0.15, 0.2) is 0 Å². The fourth-order valence-corrected chi connectivity index (χ4v) is 2.51. The maximum absolute atomic E-state index is 12.3. The molecule has 0 spiro atoms. The second kappa shape index (κ2) is 8.17. The van der Waals surface area contributed by atoms with Gasteiger partial charge in [-0.25, -0.2) is 0 Å². The molecular formula is C15H24N2O2S. The van der Waals surface area contributed by atoms with Crippen molar-refractivity contribution in [1.29, 1.82) is 0 Å². The van der Waals surface area contributed by atoms with E-state index in [1.54, 1.807) is 40.9 Å². The molecule has 4 nitrogen and oxygen atoms in total. The monoisotopic (exact) mass is 296 g/mol. The van der Waals surface area contributed by atoms with Crippen LogP contribution in [0.1, 0.15) is 18.9 Å². The van der Waals surface area contributed by atoms with Gasteiger partial charge in [0.25, 0.3) is 0 Å². The molecule has 5 heteroatoms. The summed E-state index contributed by atoms with van der Waals surface area (Å²) in [6, 6.07) is 6.45. The van der Waals surface area contributed by atoms with Gasteiger partial charge in [0.05, 0.1) is 6.04 Å². The predicted octanol–water partition coefficient (Wildman–Crippen LogP) is 1.86. The number of thioether (sulfide) groups is 1. The number of carbonyl (C=O) groups is 1. The summed E-state index contributed by atoms with van der Waals surface area (Å²) < 4.78 is 0. The van der Waals surface area contributed by atoms with Crippen LogP contribution in [-0.2, 0) is 11.2 Å². The van der Waals surface area contributed by atoms with E-state index in [1.165, 1.54) is 0 Å². The predicted molar refractivity (Wildman–Crippen MR) is 85.0 cm³/mol. The van der Waals surface area contributed by atoms with Gasteiger partial charge in [0, 0.05) is 13.1 Å². The first kappa shape index (κ1) is 16.9. The van der Waals surface area contributed by atoms with Gasteiger partial charge in [0.1, 0.15) is 5.75 Å². The van der Waals surface area contributed by atoms with E-state index in [0.29, 0.717) is 6.42 Å². The fraction of sp³-hybridized carbons (Fsp3) is 0.533. The Balaban J connectivity index is 2.55. The number of rotatable bonds is 7. The Morgan fingerprint density at radius 3 is 2.55 bits per heavy atom. The van der Waals surface area contributed by atoms with Gasteiger partial charge in [0.2, 0.25) is 5.91 Å². The Bertz CT molecular complexity index is 422. The number of benzene rings is 1. The van der Waals surface area contributed by atoms with Gasteiger partial charge in [-0.3, -0.25) is 4.79 Å². The summed E-state index contributed by atoms with van der Waals surface area (Å²) >= 11 is 1.78. The summed E-state index contributed by atoms with van der Waals surface area (Å²) in [5.74, 6) is 1.22. The van der Waals surface area contributed by atoms with E-state index in [1.807, 2.05) is 14.0 Å². The number of likely N-dealkylation sites (N-methyl/N-ethyl adjacent to an activating group) is 1. The van der Waals surface area contributed by atoms with Crippen LogP contribution in [0.5, 0.6) is 5.75 Å². The van der Waals surface area contributed by atoms with Crippen molar-refractivity contribution in [2.45, 2.75) is 31.8 Å². The van der Waals surface area contributed by atoms with Crippen molar-refractivity contribution in [2.24, 2.45) is 5.73 Å². The lowest BCUT2D eigenvalue weighted by Crippen LogP contribution is -2.46.